The number of nitrogens with one attached hydrogen (secondary N) is 1. The van der Waals surface area contributed by atoms with Gasteiger partial charge in [0.15, 0.2) is 0 Å². The van der Waals surface area contributed by atoms with Gasteiger partial charge in [-0.3, -0.25) is 0 Å². The zero-order chi connectivity index (χ0) is 13.0. The Hall–Kier alpha value is -1.54. The minimum atomic E-state index is 0.263. The number of benzene rings is 1. The van der Waals surface area contributed by atoms with E-state index in [1.54, 1.807) is 0 Å². The van der Waals surface area contributed by atoms with Gasteiger partial charge in [0, 0.05) is 5.56 Å². The van der Waals surface area contributed by atoms with Gasteiger partial charge in [0.25, 0.3) is 0 Å². The molecular formula is C16H21NO. The molecule has 0 saturated carbocycles. The minimum Gasteiger partial charge on any atom is -0.459 e. The van der Waals surface area contributed by atoms with Crippen molar-refractivity contribution in [1.29, 1.82) is 0 Å². The van der Waals surface area contributed by atoms with E-state index >= 15 is 0 Å². The van der Waals surface area contributed by atoms with Crippen LogP contribution in [0.25, 0.3) is 11.3 Å². The largest absolute Gasteiger partial charge is 0.459 e. The Labute approximate surface area is 109 Å². The van der Waals surface area contributed by atoms with Crippen LogP contribution in [0.5, 0.6) is 0 Å². The molecule has 96 valence electrons. The van der Waals surface area contributed by atoms with Crippen LogP contribution in [0.3, 0.4) is 0 Å². The normalized spacial score (nSPS) is 12.6. The average molecular weight is 243 g/mol. The lowest BCUT2D eigenvalue weighted by Crippen LogP contribution is -2.16. The molecular weight excluding hydrogens is 222 g/mol. The molecule has 0 aliphatic heterocycles. The number of hydrogen-bond acceptors (Lipinski definition) is 2. The zero-order valence-corrected chi connectivity index (χ0v) is 11.4. The van der Waals surface area contributed by atoms with Crippen molar-refractivity contribution in [3.8, 4) is 11.3 Å². The van der Waals surface area contributed by atoms with E-state index in [4.69, 9.17) is 4.42 Å². The first-order valence-corrected chi connectivity index (χ1v) is 6.67. The first kappa shape index (κ1) is 12.9. The van der Waals surface area contributed by atoms with Gasteiger partial charge in [-0.05, 0) is 37.6 Å². The second kappa shape index (κ2) is 5.87. The molecule has 0 spiro atoms. The smallest absolute Gasteiger partial charge is 0.134 e. The second-order valence-electron chi connectivity index (χ2n) is 4.53. The van der Waals surface area contributed by atoms with Crippen LogP contribution in [0.15, 0.2) is 40.8 Å². The van der Waals surface area contributed by atoms with Gasteiger partial charge >= 0.3 is 0 Å². The van der Waals surface area contributed by atoms with Crippen molar-refractivity contribution in [2.45, 2.75) is 33.2 Å². The van der Waals surface area contributed by atoms with Crippen molar-refractivity contribution in [3.05, 3.63) is 47.7 Å². The Kier molecular flexibility index (Phi) is 4.21. The van der Waals surface area contributed by atoms with Gasteiger partial charge in [-0.25, -0.2) is 0 Å². The van der Waals surface area contributed by atoms with E-state index in [0.717, 1.165) is 30.0 Å². The van der Waals surface area contributed by atoms with Crippen molar-refractivity contribution in [3.63, 3.8) is 0 Å². The summed E-state index contributed by atoms with van der Waals surface area (Å²) >= 11 is 0. The lowest BCUT2D eigenvalue weighted by atomic mass is 10.1. The molecule has 0 saturated heterocycles. The van der Waals surface area contributed by atoms with Crippen LogP contribution in [0.2, 0.25) is 0 Å². The topological polar surface area (TPSA) is 25.2 Å². The number of aryl methyl sites for hydroxylation is 1. The third kappa shape index (κ3) is 2.82. The van der Waals surface area contributed by atoms with Crippen LogP contribution in [0, 0.1) is 0 Å². The Morgan fingerprint density at radius 3 is 2.39 bits per heavy atom. The third-order valence-corrected chi connectivity index (χ3v) is 3.21. The first-order valence-electron chi connectivity index (χ1n) is 6.67. The summed E-state index contributed by atoms with van der Waals surface area (Å²) in [7, 11) is 0. The number of hydrogen-bond donors (Lipinski definition) is 1. The summed E-state index contributed by atoms with van der Waals surface area (Å²) in [5, 5.41) is 3.35. The summed E-state index contributed by atoms with van der Waals surface area (Å²) in [4.78, 5) is 0. The van der Waals surface area contributed by atoms with E-state index in [1.165, 1.54) is 5.56 Å². The molecule has 1 aromatic heterocycles. The Balaban J connectivity index is 2.18. The van der Waals surface area contributed by atoms with Crippen molar-refractivity contribution in [2.24, 2.45) is 0 Å². The molecule has 0 radical (unpaired) electrons. The maximum Gasteiger partial charge on any atom is 0.134 e. The highest BCUT2D eigenvalue weighted by atomic mass is 16.3. The predicted molar refractivity (Wildman–Crippen MR) is 75.6 cm³/mol. The van der Waals surface area contributed by atoms with E-state index in [9.17, 15) is 0 Å². The molecule has 0 bridgehead atoms. The van der Waals surface area contributed by atoms with Crippen molar-refractivity contribution < 1.29 is 4.42 Å². The van der Waals surface area contributed by atoms with Crippen LogP contribution in [0.1, 0.15) is 38.1 Å². The highest BCUT2D eigenvalue weighted by Crippen LogP contribution is 2.25. The molecule has 0 fully saturated rings. The first-order chi connectivity index (χ1) is 8.74. The average Bonchev–Trinajstić information content (AvgIpc) is 2.89. The molecule has 1 unspecified atom stereocenters. The lowest BCUT2D eigenvalue weighted by Gasteiger charge is -2.08. The molecule has 0 aliphatic rings. The molecule has 2 heteroatoms. The standard InChI is InChI=1S/C16H21NO/c1-4-13-6-8-14(9-7-13)16-11-10-15(18-16)12(3)17-5-2/h6-12,17H,4-5H2,1-3H3. The summed E-state index contributed by atoms with van der Waals surface area (Å²) in [5.74, 6) is 1.93. The SMILES string of the molecule is CCNC(C)c1ccc(-c2ccc(CC)cc2)o1. The van der Waals surface area contributed by atoms with Gasteiger partial charge in [0.2, 0.25) is 0 Å². The van der Waals surface area contributed by atoms with Crippen molar-refractivity contribution >= 4 is 0 Å². The number of furan rings is 1. The van der Waals surface area contributed by atoms with E-state index in [-0.39, 0.29) is 6.04 Å². The summed E-state index contributed by atoms with van der Waals surface area (Å²) in [6.07, 6.45) is 1.07. The van der Waals surface area contributed by atoms with Crippen molar-refractivity contribution in [2.75, 3.05) is 6.54 Å². The van der Waals surface area contributed by atoms with Gasteiger partial charge in [-0.2, -0.15) is 0 Å². The van der Waals surface area contributed by atoms with E-state index in [1.807, 2.05) is 6.07 Å². The third-order valence-electron chi connectivity index (χ3n) is 3.21. The molecule has 1 atom stereocenters. The van der Waals surface area contributed by atoms with Crippen LogP contribution < -0.4 is 5.32 Å². The zero-order valence-electron chi connectivity index (χ0n) is 11.4. The van der Waals surface area contributed by atoms with Crippen LogP contribution in [0.4, 0.5) is 0 Å². The minimum absolute atomic E-state index is 0.263. The fourth-order valence-corrected chi connectivity index (χ4v) is 2.05. The molecule has 1 N–H and O–H groups in total. The van der Waals surface area contributed by atoms with Gasteiger partial charge in [-0.1, -0.05) is 38.1 Å². The molecule has 1 aromatic carbocycles. The fraction of sp³-hybridized carbons (Fsp3) is 0.375. The summed E-state index contributed by atoms with van der Waals surface area (Å²) in [6, 6.07) is 12.9. The second-order valence-corrected chi connectivity index (χ2v) is 4.53. The van der Waals surface area contributed by atoms with Crippen LogP contribution >= 0.6 is 0 Å². The summed E-state index contributed by atoms with van der Waals surface area (Å²) in [6.45, 7) is 7.33. The van der Waals surface area contributed by atoms with Crippen molar-refractivity contribution in [1.82, 2.24) is 5.32 Å². The van der Waals surface area contributed by atoms with E-state index < -0.39 is 0 Å². The van der Waals surface area contributed by atoms with E-state index in [0.29, 0.717) is 0 Å². The highest BCUT2D eigenvalue weighted by molar-refractivity contribution is 5.58. The molecule has 18 heavy (non-hydrogen) atoms. The highest BCUT2D eigenvalue weighted by Gasteiger charge is 2.10. The predicted octanol–water partition coefficient (Wildman–Crippen LogP) is 4.18. The van der Waals surface area contributed by atoms with E-state index in [2.05, 4.69) is 56.4 Å². The van der Waals surface area contributed by atoms with Gasteiger partial charge in [0.05, 0.1) is 6.04 Å². The maximum atomic E-state index is 5.90. The fourth-order valence-electron chi connectivity index (χ4n) is 2.05. The maximum absolute atomic E-state index is 5.90. The van der Waals surface area contributed by atoms with Crippen LogP contribution in [-0.2, 0) is 6.42 Å². The Bertz CT molecular complexity index is 484. The molecule has 1 heterocycles. The molecule has 2 rings (SSSR count). The molecule has 2 nitrogen and oxygen atoms in total. The van der Waals surface area contributed by atoms with Gasteiger partial charge in [-0.15, -0.1) is 0 Å². The summed E-state index contributed by atoms with van der Waals surface area (Å²) in [5.41, 5.74) is 2.49. The monoisotopic (exact) mass is 243 g/mol. The van der Waals surface area contributed by atoms with Gasteiger partial charge in [0.1, 0.15) is 11.5 Å². The quantitative estimate of drug-likeness (QED) is 0.852. The lowest BCUT2D eigenvalue weighted by molar-refractivity contribution is 0.445. The molecule has 0 amide bonds. The Morgan fingerprint density at radius 1 is 1.06 bits per heavy atom. The molecule has 0 aliphatic carbocycles. The molecule has 2 aromatic rings. The Morgan fingerprint density at radius 2 is 1.78 bits per heavy atom. The number of rotatable bonds is 5. The van der Waals surface area contributed by atoms with Gasteiger partial charge < -0.3 is 9.73 Å². The van der Waals surface area contributed by atoms with Crippen LogP contribution in [-0.4, -0.2) is 6.54 Å². The summed E-state index contributed by atoms with van der Waals surface area (Å²) < 4.78 is 5.90.